The highest BCUT2D eigenvalue weighted by Gasteiger charge is 2.18. The molecule has 1 heterocycles. The molecule has 1 aromatic rings. The van der Waals surface area contributed by atoms with Crippen LogP contribution >= 0.6 is 0 Å². The third-order valence-electron chi connectivity index (χ3n) is 4.43. The molecule has 2 heteroatoms. The average molecular weight is 274 g/mol. The summed E-state index contributed by atoms with van der Waals surface area (Å²) >= 11 is 0. The quantitative estimate of drug-likeness (QED) is 0.895. The highest BCUT2D eigenvalue weighted by molar-refractivity contribution is 5.49. The molecule has 0 aromatic heterocycles. The molecule has 0 radical (unpaired) electrons. The molecule has 1 saturated heterocycles. The Morgan fingerprint density at radius 2 is 2.15 bits per heavy atom. The Labute approximate surface area is 124 Å². The smallest absolute Gasteiger partial charge is 0.0369 e. The Balaban J connectivity index is 2.14. The molecule has 2 atom stereocenters. The van der Waals surface area contributed by atoms with Crippen LogP contribution in [0.1, 0.15) is 52.0 Å². The molecular weight excluding hydrogens is 244 g/mol. The first-order valence-electron chi connectivity index (χ1n) is 8.18. The van der Waals surface area contributed by atoms with Crippen molar-refractivity contribution >= 4 is 5.69 Å². The fourth-order valence-corrected chi connectivity index (χ4v) is 2.98. The molecule has 2 nitrogen and oxygen atoms in total. The highest BCUT2D eigenvalue weighted by Crippen LogP contribution is 2.23. The van der Waals surface area contributed by atoms with Crippen molar-refractivity contribution in [2.24, 2.45) is 5.92 Å². The van der Waals surface area contributed by atoms with Crippen LogP contribution in [0.15, 0.2) is 24.3 Å². The van der Waals surface area contributed by atoms with Crippen molar-refractivity contribution < 1.29 is 0 Å². The van der Waals surface area contributed by atoms with Gasteiger partial charge in [0.05, 0.1) is 0 Å². The Bertz CT molecular complexity index is 414. The van der Waals surface area contributed by atoms with Gasteiger partial charge in [-0.15, -0.1) is 0 Å². The van der Waals surface area contributed by atoms with E-state index in [1.165, 1.54) is 24.1 Å². The molecule has 20 heavy (non-hydrogen) atoms. The largest absolute Gasteiger partial charge is 0.371 e. The summed E-state index contributed by atoms with van der Waals surface area (Å²) in [4.78, 5) is 2.58. The molecule has 1 aromatic carbocycles. The van der Waals surface area contributed by atoms with E-state index in [-0.39, 0.29) is 0 Å². The van der Waals surface area contributed by atoms with Crippen molar-refractivity contribution in [1.29, 1.82) is 0 Å². The molecule has 1 N–H and O–H groups in total. The summed E-state index contributed by atoms with van der Waals surface area (Å²) in [7, 11) is 0. The molecule has 0 bridgehead atoms. The summed E-state index contributed by atoms with van der Waals surface area (Å²) < 4.78 is 0. The van der Waals surface area contributed by atoms with E-state index in [0.717, 1.165) is 19.6 Å². The minimum Gasteiger partial charge on any atom is -0.371 e. The molecule has 1 aliphatic rings. The van der Waals surface area contributed by atoms with E-state index < -0.39 is 0 Å². The van der Waals surface area contributed by atoms with Gasteiger partial charge in [-0.3, -0.25) is 0 Å². The lowest BCUT2D eigenvalue weighted by Gasteiger charge is -2.34. The molecule has 0 aliphatic carbocycles. The van der Waals surface area contributed by atoms with Gasteiger partial charge in [-0.1, -0.05) is 39.8 Å². The third kappa shape index (κ3) is 3.99. The second-order valence-electron chi connectivity index (χ2n) is 6.60. The van der Waals surface area contributed by atoms with Gasteiger partial charge in [0.1, 0.15) is 0 Å². The number of hydrogen-bond acceptors (Lipinski definition) is 2. The van der Waals surface area contributed by atoms with E-state index in [1.54, 1.807) is 0 Å². The number of nitrogens with one attached hydrogen (secondary N) is 1. The lowest BCUT2D eigenvalue weighted by molar-refractivity contribution is 0.388. The van der Waals surface area contributed by atoms with Crippen LogP contribution < -0.4 is 10.2 Å². The average Bonchev–Trinajstić information content (AvgIpc) is 2.43. The molecular formula is C18H30N2. The van der Waals surface area contributed by atoms with Gasteiger partial charge in [0, 0.05) is 24.8 Å². The second-order valence-corrected chi connectivity index (χ2v) is 6.60. The Morgan fingerprint density at radius 3 is 2.85 bits per heavy atom. The van der Waals surface area contributed by atoms with Crippen LogP contribution in [0.3, 0.4) is 0 Å². The number of rotatable bonds is 3. The van der Waals surface area contributed by atoms with Crippen molar-refractivity contribution in [2.75, 3.05) is 24.5 Å². The Morgan fingerprint density at radius 1 is 1.35 bits per heavy atom. The van der Waals surface area contributed by atoms with Crippen molar-refractivity contribution in [1.82, 2.24) is 5.32 Å². The SMILES string of the molecule is CCC1CCN(c2cccc(C(C)C)c2)CC(C)CN1. The van der Waals surface area contributed by atoms with Gasteiger partial charge >= 0.3 is 0 Å². The van der Waals surface area contributed by atoms with Crippen molar-refractivity contribution in [3.63, 3.8) is 0 Å². The predicted octanol–water partition coefficient (Wildman–Crippen LogP) is 4.02. The molecule has 1 fully saturated rings. The van der Waals surface area contributed by atoms with Gasteiger partial charge in [-0.05, 0) is 48.9 Å². The predicted molar refractivity (Wildman–Crippen MR) is 88.6 cm³/mol. The van der Waals surface area contributed by atoms with Crippen LogP contribution in [-0.4, -0.2) is 25.7 Å². The van der Waals surface area contributed by atoms with Crippen LogP contribution in [0.25, 0.3) is 0 Å². The molecule has 1 aliphatic heterocycles. The van der Waals surface area contributed by atoms with E-state index in [9.17, 15) is 0 Å². The maximum absolute atomic E-state index is 3.70. The zero-order valence-corrected chi connectivity index (χ0v) is 13.5. The van der Waals surface area contributed by atoms with Crippen molar-refractivity contribution in [3.05, 3.63) is 29.8 Å². The van der Waals surface area contributed by atoms with Gasteiger partial charge in [0.15, 0.2) is 0 Å². The lowest BCUT2D eigenvalue weighted by atomic mass is 10.0. The summed E-state index contributed by atoms with van der Waals surface area (Å²) in [5.41, 5.74) is 2.85. The first-order chi connectivity index (χ1) is 9.60. The van der Waals surface area contributed by atoms with Crippen LogP contribution in [0.5, 0.6) is 0 Å². The maximum Gasteiger partial charge on any atom is 0.0369 e. The fourth-order valence-electron chi connectivity index (χ4n) is 2.98. The molecule has 112 valence electrons. The van der Waals surface area contributed by atoms with E-state index in [4.69, 9.17) is 0 Å². The molecule has 2 rings (SSSR count). The highest BCUT2D eigenvalue weighted by atomic mass is 15.1. The van der Waals surface area contributed by atoms with Gasteiger partial charge in [0.25, 0.3) is 0 Å². The number of hydrogen-bond donors (Lipinski definition) is 1. The van der Waals surface area contributed by atoms with Crippen LogP contribution in [-0.2, 0) is 0 Å². The van der Waals surface area contributed by atoms with Gasteiger partial charge < -0.3 is 10.2 Å². The second kappa shape index (κ2) is 7.12. The third-order valence-corrected chi connectivity index (χ3v) is 4.43. The van der Waals surface area contributed by atoms with Crippen LogP contribution in [0.2, 0.25) is 0 Å². The van der Waals surface area contributed by atoms with E-state index >= 15 is 0 Å². The Hall–Kier alpha value is -1.02. The topological polar surface area (TPSA) is 15.3 Å². The zero-order valence-electron chi connectivity index (χ0n) is 13.5. The molecule has 0 saturated carbocycles. The summed E-state index contributed by atoms with van der Waals surface area (Å²) in [6, 6.07) is 9.79. The van der Waals surface area contributed by atoms with Crippen molar-refractivity contribution in [3.8, 4) is 0 Å². The standard InChI is InChI=1S/C18H30N2/c1-5-17-9-10-20(13-15(4)12-19-17)18-8-6-7-16(11-18)14(2)3/h6-8,11,14-15,17,19H,5,9-10,12-13H2,1-4H3. The molecule has 0 spiro atoms. The zero-order chi connectivity index (χ0) is 14.5. The monoisotopic (exact) mass is 274 g/mol. The minimum atomic E-state index is 0.604. The first-order valence-corrected chi connectivity index (χ1v) is 8.18. The summed E-state index contributed by atoms with van der Waals surface area (Å²) in [6.45, 7) is 12.6. The number of benzene rings is 1. The minimum absolute atomic E-state index is 0.604. The van der Waals surface area contributed by atoms with E-state index in [0.29, 0.717) is 17.9 Å². The van der Waals surface area contributed by atoms with Gasteiger partial charge in [0.2, 0.25) is 0 Å². The van der Waals surface area contributed by atoms with Crippen LogP contribution in [0, 0.1) is 5.92 Å². The normalized spacial score (nSPS) is 24.6. The summed E-state index contributed by atoms with van der Waals surface area (Å²) in [6.07, 6.45) is 2.47. The fraction of sp³-hybridized carbons (Fsp3) is 0.667. The Kier molecular flexibility index (Phi) is 5.47. The number of nitrogens with zero attached hydrogens (tertiary/aromatic N) is 1. The molecule has 2 unspecified atom stereocenters. The summed E-state index contributed by atoms with van der Waals surface area (Å²) in [5, 5.41) is 3.70. The van der Waals surface area contributed by atoms with Crippen molar-refractivity contribution in [2.45, 2.75) is 52.5 Å². The van der Waals surface area contributed by atoms with Gasteiger partial charge in [-0.25, -0.2) is 0 Å². The maximum atomic E-state index is 3.70. The van der Waals surface area contributed by atoms with E-state index in [1.807, 2.05) is 0 Å². The number of anilines is 1. The summed E-state index contributed by atoms with van der Waals surface area (Å²) in [5.74, 6) is 1.30. The van der Waals surface area contributed by atoms with Crippen LogP contribution in [0.4, 0.5) is 5.69 Å². The lowest BCUT2D eigenvalue weighted by Crippen LogP contribution is -2.43. The first kappa shape index (κ1) is 15.4. The van der Waals surface area contributed by atoms with Gasteiger partial charge in [-0.2, -0.15) is 0 Å². The molecule has 0 amide bonds. The van der Waals surface area contributed by atoms with E-state index in [2.05, 4.69) is 62.2 Å².